The molecule has 0 saturated heterocycles. The highest BCUT2D eigenvalue weighted by atomic mass is 35.5. The average molecular weight is 429 g/mol. The number of halogens is 4. The summed E-state index contributed by atoms with van der Waals surface area (Å²) in [4.78, 5) is 27.9. The molecule has 0 saturated carbocycles. The average Bonchev–Trinajstić information content (AvgIpc) is 2.97. The molecule has 10 heteroatoms. The van der Waals surface area contributed by atoms with Crippen molar-refractivity contribution < 1.29 is 27.9 Å². The number of fused-ring (bicyclic) bond motifs is 1. The van der Waals surface area contributed by atoms with Gasteiger partial charge >= 0.3 is 12.1 Å². The highest BCUT2D eigenvalue weighted by molar-refractivity contribution is 7.16. The maximum Gasteiger partial charge on any atom is 0.416 e. The predicted molar refractivity (Wildman–Crippen MR) is 98.5 cm³/mol. The van der Waals surface area contributed by atoms with E-state index in [0.29, 0.717) is 5.02 Å². The van der Waals surface area contributed by atoms with Crippen LogP contribution in [0.1, 0.15) is 28.9 Å². The van der Waals surface area contributed by atoms with Gasteiger partial charge in [0.2, 0.25) is 0 Å². The lowest BCUT2D eigenvalue weighted by molar-refractivity contribution is -0.140. The number of rotatable bonds is 3. The van der Waals surface area contributed by atoms with Crippen molar-refractivity contribution in [2.45, 2.75) is 19.1 Å². The number of nitrogens with zero attached hydrogens (tertiary/aromatic N) is 2. The summed E-state index contributed by atoms with van der Waals surface area (Å²) in [5.41, 5.74) is -0.454. The highest BCUT2D eigenvalue weighted by Gasteiger charge is 2.31. The first-order valence-corrected chi connectivity index (χ1v) is 9.07. The zero-order valence-electron chi connectivity index (χ0n) is 14.2. The highest BCUT2D eigenvalue weighted by Crippen LogP contribution is 2.32. The molecule has 3 aromatic rings. The van der Waals surface area contributed by atoms with Crippen LogP contribution in [0.15, 0.2) is 47.5 Å². The molecule has 0 fully saturated rings. The van der Waals surface area contributed by atoms with Gasteiger partial charge in [0.1, 0.15) is 6.04 Å². The molecule has 0 bridgehead atoms. The lowest BCUT2D eigenvalue weighted by atomic mass is 10.2. The second-order valence-corrected chi connectivity index (χ2v) is 7.32. The number of carbonyl (C=O) groups excluding carboxylic acids is 1. The number of thiazole rings is 1. The van der Waals surface area contributed by atoms with Gasteiger partial charge in [-0.3, -0.25) is 4.79 Å². The number of carboxylic acid groups (broad SMARTS) is 1. The predicted octanol–water partition coefficient (Wildman–Crippen LogP) is 4.76. The van der Waals surface area contributed by atoms with Crippen LogP contribution in [-0.2, 0) is 11.0 Å². The van der Waals surface area contributed by atoms with Crippen molar-refractivity contribution in [2.75, 3.05) is 0 Å². The Kier molecular flexibility index (Phi) is 5.31. The van der Waals surface area contributed by atoms with E-state index in [1.807, 2.05) is 0 Å². The lowest BCUT2D eigenvalue weighted by Crippen LogP contribution is -2.25. The molecular weight excluding hydrogens is 417 g/mol. The largest absolute Gasteiger partial charge is 0.480 e. The summed E-state index contributed by atoms with van der Waals surface area (Å²) in [6.45, 7) is 1.36. The molecule has 1 heterocycles. The van der Waals surface area contributed by atoms with E-state index in [2.05, 4.69) is 4.99 Å². The van der Waals surface area contributed by atoms with Gasteiger partial charge in [0.25, 0.3) is 5.91 Å². The summed E-state index contributed by atoms with van der Waals surface area (Å²) in [7, 11) is 0. The van der Waals surface area contributed by atoms with Crippen LogP contribution in [0.25, 0.3) is 10.2 Å². The Bertz CT molecular complexity index is 1150. The molecule has 1 aromatic heterocycles. The number of carbonyl (C=O) groups is 2. The first-order valence-electron chi connectivity index (χ1n) is 7.87. The first-order chi connectivity index (χ1) is 13.1. The third kappa shape index (κ3) is 3.95. The Balaban J connectivity index is 2.23. The maximum absolute atomic E-state index is 13.0. The molecule has 28 heavy (non-hydrogen) atoms. The maximum atomic E-state index is 13.0. The molecule has 1 amide bonds. The third-order valence-corrected chi connectivity index (χ3v) is 5.22. The van der Waals surface area contributed by atoms with Crippen molar-refractivity contribution in [3.8, 4) is 0 Å². The molecule has 3 rings (SSSR count). The number of alkyl halides is 3. The summed E-state index contributed by atoms with van der Waals surface area (Å²) in [5.74, 6) is -1.90. The van der Waals surface area contributed by atoms with Gasteiger partial charge in [0.15, 0.2) is 4.80 Å². The number of hydrogen-bond donors (Lipinski definition) is 1. The molecule has 0 aliphatic rings. The number of carboxylic acids is 1. The van der Waals surface area contributed by atoms with E-state index in [1.54, 1.807) is 12.1 Å². The van der Waals surface area contributed by atoms with Crippen molar-refractivity contribution >= 4 is 45.0 Å². The molecule has 0 aliphatic heterocycles. The molecule has 0 aliphatic carbocycles. The molecule has 5 nitrogen and oxygen atoms in total. The Hall–Kier alpha value is -2.65. The van der Waals surface area contributed by atoms with Crippen LogP contribution in [0.2, 0.25) is 5.02 Å². The molecule has 0 radical (unpaired) electrons. The van der Waals surface area contributed by atoms with Crippen molar-refractivity contribution in [2.24, 2.45) is 4.99 Å². The fourth-order valence-corrected chi connectivity index (χ4v) is 3.88. The van der Waals surface area contributed by atoms with Crippen molar-refractivity contribution in [3.63, 3.8) is 0 Å². The van der Waals surface area contributed by atoms with Gasteiger partial charge in [-0.15, -0.1) is 0 Å². The fourth-order valence-electron chi connectivity index (χ4n) is 2.56. The van der Waals surface area contributed by atoms with Crippen LogP contribution in [0, 0.1) is 0 Å². The van der Waals surface area contributed by atoms with E-state index in [4.69, 9.17) is 11.6 Å². The Morgan fingerprint density at radius 3 is 2.54 bits per heavy atom. The monoisotopic (exact) mass is 428 g/mol. The second-order valence-electron chi connectivity index (χ2n) is 5.88. The quantitative estimate of drug-likeness (QED) is 0.653. The Labute approximate surface area is 165 Å². The molecule has 146 valence electrons. The molecule has 1 unspecified atom stereocenters. The number of aliphatic carboxylic acids is 1. The van der Waals surface area contributed by atoms with Crippen molar-refractivity contribution in [3.05, 3.63) is 63.4 Å². The van der Waals surface area contributed by atoms with E-state index >= 15 is 0 Å². The summed E-state index contributed by atoms with van der Waals surface area (Å²) < 4.78 is 40.4. The van der Waals surface area contributed by atoms with Crippen LogP contribution in [0.3, 0.4) is 0 Å². The van der Waals surface area contributed by atoms with Gasteiger partial charge in [0.05, 0.1) is 15.8 Å². The summed E-state index contributed by atoms with van der Waals surface area (Å²) in [6, 6.07) is 7.82. The van der Waals surface area contributed by atoms with Gasteiger partial charge in [-0.25, -0.2) is 4.79 Å². The van der Waals surface area contributed by atoms with Gasteiger partial charge in [0, 0.05) is 10.6 Å². The molecule has 0 spiro atoms. The van der Waals surface area contributed by atoms with Gasteiger partial charge < -0.3 is 9.67 Å². The number of aromatic nitrogens is 1. The van der Waals surface area contributed by atoms with E-state index in [0.717, 1.165) is 23.5 Å². The molecule has 1 N–H and O–H groups in total. The molecule has 1 atom stereocenters. The topological polar surface area (TPSA) is 71.7 Å². The van der Waals surface area contributed by atoms with E-state index in [9.17, 15) is 27.9 Å². The van der Waals surface area contributed by atoms with Crippen LogP contribution < -0.4 is 4.80 Å². The number of benzene rings is 2. The summed E-state index contributed by atoms with van der Waals surface area (Å²) >= 11 is 6.67. The van der Waals surface area contributed by atoms with Crippen LogP contribution in [0.5, 0.6) is 0 Å². The number of hydrogen-bond acceptors (Lipinski definition) is 3. The van der Waals surface area contributed by atoms with E-state index in [1.165, 1.54) is 29.7 Å². The standard InChI is InChI=1S/C18H12ClF3N2O3S/c1-9(16(26)27)24-13-6-5-11(18(20,21)22)8-14(13)28-17(24)23-15(25)10-3-2-4-12(19)7-10/h2-9H,1H3,(H,26,27)/b23-17-. The lowest BCUT2D eigenvalue weighted by Gasteiger charge is -2.11. The van der Waals surface area contributed by atoms with Gasteiger partial charge in [-0.05, 0) is 43.3 Å². The minimum atomic E-state index is -4.55. The summed E-state index contributed by atoms with van der Waals surface area (Å²) in [6.07, 6.45) is -4.55. The Morgan fingerprint density at radius 1 is 1.21 bits per heavy atom. The van der Waals surface area contributed by atoms with Gasteiger partial charge in [-0.1, -0.05) is 29.0 Å². The Morgan fingerprint density at radius 2 is 1.93 bits per heavy atom. The van der Waals surface area contributed by atoms with Crippen LogP contribution in [0.4, 0.5) is 13.2 Å². The molecule has 2 aromatic carbocycles. The minimum Gasteiger partial charge on any atom is -0.480 e. The van der Waals surface area contributed by atoms with Crippen molar-refractivity contribution in [1.29, 1.82) is 0 Å². The van der Waals surface area contributed by atoms with Crippen LogP contribution in [-0.4, -0.2) is 21.6 Å². The SMILES string of the molecule is CC(C(=O)O)n1/c(=N/C(=O)c2cccc(Cl)c2)sc2cc(C(F)(F)F)ccc21. The van der Waals surface area contributed by atoms with E-state index < -0.39 is 29.7 Å². The third-order valence-electron chi connectivity index (χ3n) is 3.97. The fraction of sp³-hybridized carbons (Fsp3) is 0.167. The smallest absolute Gasteiger partial charge is 0.416 e. The zero-order valence-corrected chi connectivity index (χ0v) is 15.8. The zero-order chi connectivity index (χ0) is 20.6. The second kappa shape index (κ2) is 7.40. The van der Waals surface area contributed by atoms with Crippen molar-refractivity contribution in [1.82, 2.24) is 4.57 Å². The normalized spacial score (nSPS) is 13.7. The number of amides is 1. The molecular formula is C18H12ClF3N2O3S. The summed E-state index contributed by atoms with van der Waals surface area (Å²) in [5, 5.41) is 9.69. The van der Waals surface area contributed by atoms with Crippen LogP contribution >= 0.6 is 22.9 Å². The first kappa shape index (κ1) is 20.1. The minimum absolute atomic E-state index is 0.0193. The van der Waals surface area contributed by atoms with E-state index in [-0.39, 0.29) is 20.6 Å². The van der Waals surface area contributed by atoms with Gasteiger partial charge in [-0.2, -0.15) is 18.2 Å².